The summed E-state index contributed by atoms with van der Waals surface area (Å²) in [5.74, 6) is 0.478. The van der Waals surface area contributed by atoms with Gasteiger partial charge in [-0.05, 0) is 24.3 Å². The third-order valence-electron chi connectivity index (χ3n) is 4.10. The second-order valence-electron chi connectivity index (χ2n) is 5.83. The Morgan fingerprint density at radius 3 is 2.12 bits per heavy atom. The fourth-order valence-corrected chi connectivity index (χ4v) is 2.93. The molecule has 1 heterocycles. The van der Waals surface area contributed by atoms with Crippen molar-refractivity contribution in [3.8, 4) is 22.8 Å². The molecule has 4 heteroatoms. The van der Waals surface area contributed by atoms with Gasteiger partial charge in [0.25, 0.3) is 5.91 Å². The van der Waals surface area contributed by atoms with E-state index in [-0.39, 0.29) is 5.56 Å². The summed E-state index contributed by atoms with van der Waals surface area (Å²) in [6, 6.07) is 26.4. The second kappa shape index (κ2) is 6.69. The first kappa shape index (κ1) is 15.8. The first-order valence-electron chi connectivity index (χ1n) is 8.25. The monoisotopic (exact) mass is 340 g/mol. The average molecular weight is 340 g/mol. The van der Waals surface area contributed by atoms with Crippen LogP contribution in [0.5, 0.6) is 11.5 Å². The maximum atomic E-state index is 12.4. The first-order valence-corrected chi connectivity index (χ1v) is 8.25. The number of benzene rings is 3. The van der Waals surface area contributed by atoms with Crippen LogP contribution in [0.3, 0.4) is 0 Å². The summed E-state index contributed by atoms with van der Waals surface area (Å²) in [5, 5.41) is 0.741. The van der Waals surface area contributed by atoms with Crippen LogP contribution in [-0.4, -0.2) is 10.9 Å². The van der Waals surface area contributed by atoms with Crippen molar-refractivity contribution in [2.45, 2.75) is 0 Å². The van der Waals surface area contributed by atoms with Crippen molar-refractivity contribution in [1.82, 2.24) is 4.98 Å². The Balaban J connectivity index is 2.03. The number of aromatic nitrogens is 1. The molecule has 0 fully saturated rings. The lowest BCUT2D eigenvalue weighted by molar-refractivity contribution is 0.0998. The van der Waals surface area contributed by atoms with Crippen LogP contribution in [-0.2, 0) is 0 Å². The predicted molar refractivity (Wildman–Crippen MR) is 102 cm³/mol. The number of ether oxygens (including phenoxy) is 1. The van der Waals surface area contributed by atoms with E-state index in [1.807, 2.05) is 84.9 Å². The highest BCUT2D eigenvalue weighted by atomic mass is 16.5. The van der Waals surface area contributed by atoms with Crippen LogP contribution >= 0.6 is 0 Å². The Bertz CT molecular complexity index is 1080. The molecule has 0 bridgehead atoms. The number of carbonyl (C=O) groups excluding carboxylic acids is 1. The quantitative estimate of drug-likeness (QED) is 0.581. The molecule has 3 aromatic carbocycles. The van der Waals surface area contributed by atoms with E-state index in [2.05, 4.69) is 4.98 Å². The van der Waals surface area contributed by atoms with Crippen LogP contribution in [0, 0.1) is 0 Å². The van der Waals surface area contributed by atoms with E-state index >= 15 is 0 Å². The molecular formula is C22H16N2O2. The van der Waals surface area contributed by atoms with E-state index in [1.165, 1.54) is 0 Å². The van der Waals surface area contributed by atoms with Gasteiger partial charge in [-0.1, -0.05) is 60.7 Å². The van der Waals surface area contributed by atoms with Crippen LogP contribution in [0.25, 0.3) is 22.2 Å². The predicted octanol–water partition coefficient (Wildman–Crippen LogP) is 4.79. The van der Waals surface area contributed by atoms with Gasteiger partial charge in [0.05, 0.1) is 11.2 Å². The largest absolute Gasteiger partial charge is 0.456 e. The van der Waals surface area contributed by atoms with E-state index in [0.717, 1.165) is 16.5 Å². The van der Waals surface area contributed by atoms with Crippen molar-refractivity contribution in [2.75, 3.05) is 0 Å². The molecule has 26 heavy (non-hydrogen) atoms. The van der Waals surface area contributed by atoms with E-state index in [4.69, 9.17) is 10.5 Å². The Labute approximate surface area is 150 Å². The van der Waals surface area contributed by atoms with Crippen LogP contribution in [0.2, 0.25) is 0 Å². The summed E-state index contributed by atoms with van der Waals surface area (Å²) in [6.45, 7) is 0. The number of hydrogen-bond donors (Lipinski definition) is 1. The number of para-hydroxylation sites is 2. The van der Waals surface area contributed by atoms with E-state index in [1.54, 1.807) is 0 Å². The van der Waals surface area contributed by atoms with Gasteiger partial charge in [-0.15, -0.1) is 0 Å². The van der Waals surface area contributed by atoms with Gasteiger partial charge in [0.15, 0.2) is 5.75 Å². The van der Waals surface area contributed by atoms with Crippen LogP contribution in [0.1, 0.15) is 10.4 Å². The highest BCUT2D eigenvalue weighted by Gasteiger charge is 2.22. The molecule has 2 N–H and O–H groups in total. The molecule has 0 aliphatic heterocycles. The summed E-state index contributed by atoms with van der Waals surface area (Å²) >= 11 is 0. The zero-order valence-corrected chi connectivity index (χ0v) is 13.9. The minimum Gasteiger partial charge on any atom is -0.456 e. The summed E-state index contributed by atoms with van der Waals surface area (Å²) in [5.41, 5.74) is 8.08. The number of pyridine rings is 1. The van der Waals surface area contributed by atoms with Crippen molar-refractivity contribution < 1.29 is 9.53 Å². The van der Waals surface area contributed by atoms with Gasteiger partial charge < -0.3 is 10.5 Å². The molecule has 0 spiro atoms. The SMILES string of the molecule is NC(=O)c1c(-c2ccccc2)nc2ccccc2c1Oc1ccccc1. The summed E-state index contributed by atoms with van der Waals surface area (Å²) in [6.07, 6.45) is 0. The molecule has 0 radical (unpaired) electrons. The van der Waals surface area contributed by atoms with Gasteiger partial charge in [-0.25, -0.2) is 4.98 Å². The maximum absolute atomic E-state index is 12.4. The molecule has 0 saturated carbocycles. The number of nitrogens with zero attached hydrogens (tertiary/aromatic N) is 1. The third-order valence-corrected chi connectivity index (χ3v) is 4.10. The zero-order valence-electron chi connectivity index (χ0n) is 13.9. The van der Waals surface area contributed by atoms with Gasteiger partial charge in [-0.2, -0.15) is 0 Å². The smallest absolute Gasteiger partial charge is 0.254 e. The normalized spacial score (nSPS) is 10.6. The summed E-state index contributed by atoms with van der Waals surface area (Å²) in [4.78, 5) is 17.0. The molecule has 1 aromatic heterocycles. The van der Waals surface area contributed by atoms with Gasteiger partial charge in [0, 0.05) is 10.9 Å². The lowest BCUT2D eigenvalue weighted by atomic mass is 10.0. The minimum atomic E-state index is -0.576. The molecule has 0 saturated heterocycles. The molecular weight excluding hydrogens is 324 g/mol. The molecule has 4 nitrogen and oxygen atoms in total. The number of hydrogen-bond acceptors (Lipinski definition) is 3. The standard InChI is InChI=1S/C22H16N2O2/c23-22(25)19-20(15-9-3-1-4-10-15)24-18-14-8-7-13-17(18)21(19)26-16-11-5-2-6-12-16/h1-14H,(H2,23,25). The summed E-state index contributed by atoms with van der Waals surface area (Å²) in [7, 11) is 0. The van der Waals surface area contributed by atoms with Gasteiger partial charge >= 0.3 is 0 Å². The topological polar surface area (TPSA) is 65.2 Å². The fraction of sp³-hybridized carbons (Fsp3) is 0. The lowest BCUT2D eigenvalue weighted by Gasteiger charge is -2.16. The van der Waals surface area contributed by atoms with Crippen LogP contribution in [0.15, 0.2) is 84.9 Å². The van der Waals surface area contributed by atoms with Crippen molar-refractivity contribution >= 4 is 16.8 Å². The van der Waals surface area contributed by atoms with E-state index < -0.39 is 5.91 Å². The Morgan fingerprint density at radius 1 is 0.808 bits per heavy atom. The molecule has 1 amide bonds. The Morgan fingerprint density at radius 2 is 1.42 bits per heavy atom. The molecule has 0 unspecified atom stereocenters. The van der Waals surface area contributed by atoms with E-state index in [9.17, 15) is 4.79 Å². The molecule has 4 aromatic rings. The number of fused-ring (bicyclic) bond motifs is 1. The van der Waals surface area contributed by atoms with E-state index in [0.29, 0.717) is 17.2 Å². The van der Waals surface area contributed by atoms with Crippen molar-refractivity contribution in [2.24, 2.45) is 5.73 Å². The number of nitrogens with two attached hydrogens (primary N) is 1. The van der Waals surface area contributed by atoms with Crippen molar-refractivity contribution in [3.63, 3.8) is 0 Å². The number of amides is 1. The summed E-state index contributed by atoms with van der Waals surface area (Å²) < 4.78 is 6.11. The highest BCUT2D eigenvalue weighted by Crippen LogP contribution is 2.37. The number of primary amides is 1. The molecule has 0 aliphatic carbocycles. The van der Waals surface area contributed by atoms with Crippen LogP contribution in [0.4, 0.5) is 0 Å². The van der Waals surface area contributed by atoms with Crippen molar-refractivity contribution in [1.29, 1.82) is 0 Å². The maximum Gasteiger partial charge on any atom is 0.254 e. The number of carbonyl (C=O) groups is 1. The molecule has 4 rings (SSSR count). The first-order chi connectivity index (χ1) is 12.7. The molecule has 0 atom stereocenters. The minimum absolute atomic E-state index is 0.277. The van der Waals surface area contributed by atoms with Crippen molar-refractivity contribution in [3.05, 3.63) is 90.5 Å². The Kier molecular flexibility index (Phi) is 4.07. The third kappa shape index (κ3) is 2.89. The van der Waals surface area contributed by atoms with Crippen LogP contribution < -0.4 is 10.5 Å². The lowest BCUT2D eigenvalue weighted by Crippen LogP contribution is -2.15. The number of rotatable bonds is 4. The zero-order chi connectivity index (χ0) is 17.9. The average Bonchev–Trinajstić information content (AvgIpc) is 2.69. The fourth-order valence-electron chi connectivity index (χ4n) is 2.93. The highest BCUT2D eigenvalue weighted by molar-refractivity contribution is 6.07. The second-order valence-corrected chi connectivity index (χ2v) is 5.83. The van der Waals surface area contributed by atoms with Gasteiger partial charge in [0.1, 0.15) is 11.3 Å². The van der Waals surface area contributed by atoms with Gasteiger partial charge in [0.2, 0.25) is 0 Å². The Hall–Kier alpha value is -3.66. The molecule has 126 valence electrons. The molecule has 0 aliphatic rings. The van der Waals surface area contributed by atoms with Gasteiger partial charge in [-0.3, -0.25) is 4.79 Å².